The van der Waals surface area contributed by atoms with Crippen LogP contribution in [0.25, 0.3) is 0 Å². The molecule has 0 bridgehead atoms. The second kappa shape index (κ2) is 3.39. The largest absolute Gasteiger partial charge is 0.495 e. The first-order valence-electron chi connectivity index (χ1n) is 3.26. The van der Waals surface area contributed by atoms with E-state index in [1.54, 1.807) is 0 Å². The lowest BCUT2D eigenvalue weighted by Crippen LogP contribution is -1.94. The van der Waals surface area contributed by atoms with Crippen LogP contribution in [0.5, 0.6) is 5.75 Å². The van der Waals surface area contributed by atoms with Crippen molar-refractivity contribution in [1.82, 2.24) is 0 Å². The minimum absolute atomic E-state index is 0.0114. The Morgan fingerprint density at radius 1 is 1.42 bits per heavy atom. The fourth-order valence-corrected chi connectivity index (χ4v) is 1.39. The van der Waals surface area contributed by atoms with Gasteiger partial charge in [0.05, 0.1) is 11.6 Å². The van der Waals surface area contributed by atoms with Crippen LogP contribution in [0.2, 0.25) is 0 Å². The molecule has 66 valence electrons. The molecule has 0 unspecified atom stereocenters. The van der Waals surface area contributed by atoms with Gasteiger partial charge in [0.1, 0.15) is 17.4 Å². The minimum atomic E-state index is -0.619. The lowest BCUT2D eigenvalue weighted by molar-refractivity contribution is 0.402. The number of hydrogen-bond acceptors (Lipinski definition) is 1. The predicted octanol–water partition coefficient (Wildman–Crippen LogP) is 3.04. The Morgan fingerprint density at radius 2 is 2.00 bits per heavy atom. The van der Waals surface area contributed by atoms with Gasteiger partial charge < -0.3 is 4.74 Å². The van der Waals surface area contributed by atoms with Gasteiger partial charge in [-0.25, -0.2) is 8.78 Å². The fourth-order valence-electron chi connectivity index (χ4n) is 0.813. The smallest absolute Gasteiger partial charge is 0.146 e. The van der Waals surface area contributed by atoms with Gasteiger partial charge in [-0.05, 0) is 22.9 Å². The molecule has 12 heavy (non-hydrogen) atoms. The standard InChI is InChI=1S/C8H7BrF2O/c1-4-5(10)3-6(12-2)7(9)8(4)11/h3H,1-2H3. The number of hydrogen-bond donors (Lipinski definition) is 0. The summed E-state index contributed by atoms with van der Waals surface area (Å²) in [6.07, 6.45) is 0. The van der Waals surface area contributed by atoms with Crippen LogP contribution in [-0.4, -0.2) is 7.11 Å². The zero-order valence-corrected chi connectivity index (χ0v) is 8.21. The molecule has 0 amide bonds. The first kappa shape index (κ1) is 9.45. The lowest BCUT2D eigenvalue weighted by Gasteiger charge is -2.06. The number of rotatable bonds is 1. The van der Waals surface area contributed by atoms with Crippen LogP contribution in [0.15, 0.2) is 10.5 Å². The number of ether oxygens (including phenoxy) is 1. The lowest BCUT2D eigenvalue weighted by atomic mass is 10.2. The van der Waals surface area contributed by atoms with E-state index in [2.05, 4.69) is 15.9 Å². The van der Waals surface area contributed by atoms with Crippen molar-refractivity contribution < 1.29 is 13.5 Å². The van der Waals surface area contributed by atoms with E-state index in [9.17, 15) is 8.78 Å². The van der Waals surface area contributed by atoms with Crippen molar-refractivity contribution in [1.29, 1.82) is 0 Å². The van der Waals surface area contributed by atoms with E-state index in [-0.39, 0.29) is 15.8 Å². The summed E-state index contributed by atoms with van der Waals surface area (Å²) in [5, 5.41) is 0. The molecule has 0 aromatic heterocycles. The molecule has 0 radical (unpaired) electrons. The second-order valence-corrected chi connectivity index (χ2v) is 3.11. The van der Waals surface area contributed by atoms with Crippen molar-refractivity contribution in [3.8, 4) is 5.75 Å². The minimum Gasteiger partial charge on any atom is -0.495 e. The highest BCUT2D eigenvalue weighted by Gasteiger charge is 2.13. The van der Waals surface area contributed by atoms with Crippen molar-refractivity contribution in [2.45, 2.75) is 6.92 Å². The highest BCUT2D eigenvalue weighted by molar-refractivity contribution is 9.10. The van der Waals surface area contributed by atoms with E-state index < -0.39 is 11.6 Å². The molecule has 0 heterocycles. The fraction of sp³-hybridized carbons (Fsp3) is 0.250. The van der Waals surface area contributed by atoms with Crippen LogP contribution >= 0.6 is 15.9 Å². The average Bonchev–Trinajstić information content (AvgIpc) is 2.08. The first-order chi connectivity index (χ1) is 5.57. The molecule has 1 aromatic rings. The maximum atomic E-state index is 13.1. The van der Waals surface area contributed by atoms with Gasteiger partial charge in [-0.3, -0.25) is 0 Å². The zero-order chi connectivity index (χ0) is 9.30. The molecule has 0 atom stereocenters. The zero-order valence-electron chi connectivity index (χ0n) is 6.62. The summed E-state index contributed by atoms with van der Waals surface area (Å²) in [5.41, 5.74) is -0.0114. The van der Waals surface area contributed by atoms with Gasteiger partial charge in [0, 0.05) is 11.6 Å². The first-order valence-corrected chi connectivity index (χ1v) is 4.05. The monoisotopic (exact) mass is 236 g/mol. The molecule has 0 aliphatic carbocycles. The van der Waals surface area contributed by atoms with Crippen LogP contribution in [0.4, 0.5) is 8.78 Å². The average molecular weight is 237 g/mol. The Morgan fingerprint density at radius 3 is 2.50 bits per heavy atom. The summed E-state index contributed by atoms with van der Waals surface area (Å²) in [6.45, 7) is 1.37. The molecule has 0 fully saturated rings. The molecule has 4 heteroatoms. The topological polar surface area (TPSA) is 9.23 Å². The van der Waals surface area contributed by atoms with Crippen LogP contribution in [0.1, 0.15) is 5.56 Å². The molecule has 0 spiro atoms. The third-order valence-corrected chi connectivity index (χ3v) is 2.31. The summed E-state index contributed by atoms with van der Waals surface area (Å²) < 4.78 is 30.8. The Kier molecular flexibility index (Phi) is 2.67. The van der Waals surface area contributed by atoms with Crippen molar-refractivity contribution in [3.05, 3.63) is 27.7 Å². The van der Waals surface area contributed by atoms with Crippen molar-refractivity contribution >= 4 is 15.9 Å². The molecular weight excluding hydrogens is 230 g/mol. The van der Waals surface area contributed by atoms with Gasteiger partial charge in [-0.15, -0.1) is 0 Å². The molecule has 1 nitrogen and oxygen atoms in total. The van der Waals surface area contributed by atoms with Gasteiger partial charge in [-0.1, -0.05) is 0 Å². The number of methoxy groups -OCH3 is 1. The SMILES string of the molecule is COc1cc(F)c(C)c(F)c1Br. The Balaban J connectivity index is 3.39. The molecule has 0 aliphatic heterocycles. The molecular formula is C8H7BrF2O. The highest BCUT2D eigenvalue weighted by atomic mass is 79.9. The van der Waals surface area contributed by atoms with E-state index in [1.165, 1.54) is 14.0 Å². The van der Waals surface area contributed by atoms with Gasteiger partial charge in [0.2, 0.25) is 0 Å². The summed E-state index contributed by atoms with van der Waals surface area (Å²) in [4.78, 5) is 0. The summed E-state index contributed by atoms with van der Waals surface area (Å²) >= 11 is 2.96. The van der Waals surface area contributed by atoms with E-state index in [1.807, 2.05) is 0 Å². The second-order valence-electron chi connectivity index (χ2n) is 2.31. The van der Waals surface area contributed by atoms with Crippen LogP contribution in [0.3, 0.4) is 0 Å². The third-order valence-electron chi connectivity index (χ3n) is 1.57. The highest BCUT2D eigenvalue weighted by Crippen LogP contribution is 2.31. The molecule has 1 rings (SSSR count). The maximum absolute atomic E-state index is 13.1. The maximum Gasteiger partial charge on any atom is 0.146 e. The van der Waals surface area contributed by atoms with Crippen molar-refractivity contribution in [2.24, 2.45) is 0 Å². The van der Waals surface area contributed by atoms with E-state index >= 15 is 0 Å². The summed E-state index contributed by atoms with van der Waals surface area (Å²) in [6, 6.07) is 1.14. The number of benzene rings is 1. The van der Waals surface area contributed by atoms with Crippen molar-refractivity contribution in [3.63, 3.8) is 0 Å². The Bertz CT molecular complexity index is 312. The normalized spacial score (nSPS) is 10.1. The van der Waals surface area contributed by atoms with Crippen LogP contribution in [-0.2, 0) is 0 Å². The molecule has 0 saturated heterocycles. The molecule has 0 N–H and O–H groups in total. The van der Waals surface area contributed by atoms with Crippen LogP contribution < -0.4 is 4.74 Å². The van der Waals surface area contributed by atoms with Gasteiger partial charge >= 0.3 is 0 Å². The Hall–Kier alpha value is -0.640. The Labute approximate surface area is 77.5 Å². The van der Waals surface area contributed by atoms with Crippen molar-refractivity contribution in [2.75, 3.05) is 7.11 Å². The predicted molar refractivity (Wildman–Crippen MR) is 45.3 cm³/mol. The third kappa shape index (κ3) is 1.43. The van der Waals surface area contributed by atoms with Crippen LogP contribution in [0, 0.1) is 18.6 Å². The van der Waals surface area contributed by atoms with Gasteiger partial charge in [-0.2, -0.15) is 0 Å². The van der Waals surface area contributed by atoms with E-state index in [0.717, 1.165) is 6.07 Å². The van der Waals surface area contributed by atoms with Gasteiger partial charge in [0.25, 0.3) is 0 Å². The molecule has 1 aromatic carbocycles. The van der Waals surface area contributed by atoms with E-state index in [0.29, 0.717) is 0 Å². The molecule has 0 saturated carbocycles. The quantitative estimate of drug-likeness (QED) is 0.682. The number of halogens is 3. The summed E-state index contributed by atoms with van der Waals surface area (Å²) in [7, 11) is 1.36. The van der Waals surface area contributed by atoms with E-state index in [4.69, 9.17) is 4.74 Å². The van der Waals surface area contributed by atoms with Gasteiger partial charge in [0.15, 0.2) is 0 Å². The summed E-state index contributed by atoms with van der Waals surface area (Å²) in [5.74, 6) is -1.06. The molecule has 0 aliphatic rings.